The fourth-order valence-corrected chi connectivity index (χ4v) is 2.39. The maximum absolute atomic E-state index is 13.6. The Labute approximate surface area is 145 Å². The van der Waals surface area contributed by atoms with Crippen molar-refractivity contribution in [2.24, 2.45) is 0 Å². The smallest absolute Gasteiger partial charge is 0.274 e. The van der Waals surface area contributed by atoms with Gasteiger partial charge in [-0.3, -0.25) is 4.79 Å². The second-order valence-electron chi connectivity index (χ2n) is 5.52. The predicted octanol–water partition coefficient (Wildman–Crippen LogP) is 4.13. The molecular formula is C20H18FN3O. The van der Waals surface area contributed by atoms with Crippen LogP contribution in [0, 0.1) is 5.82 Å². The molecule has 0 aliphatic heterocycles. The lowest BCUT2D eigenvalue weighted by atomic mass is 10.1. The van der Waals surface area contributed by atoms with Gasteiger partial charge < -0.3 is 10.6 Å². The standard InChI is InChI=1S/C20H18FN3O/c21-18-9-5-4-6-15(18)12-13-22-17-10-11-19(23-14-17)20(25)24-16-7-2-1-3-8-16/h1-11,14,22H,12-13H2,(H,24,25). The molecule has 25 heavy (non-hydrogen) atoms. The molecule has 0 saturated carbocycles. The Morgan fingerprint density at radius 3 is 2.40 bits per heavy atom. The molecule has 1 amide bonds. The van der Waals surface area contributed by atoms with E-state index in [-0.39, 0.29) is 11.7 Å². The van der Waals surface area contributed by atoms with Gasteiger partial charge in [0.15, 0.2) is 0 Å². The Morgan fingerprint density at radius 2 is 1.68 bits per heavy atom. The average molecular weight is 335 g/mol. The van der Waals surface area contributed by atoms with Gasteiger partial charge in [-0.2, -0.15) is 0 Å². The molecule has 0 aliphatic rings. The summed E-state index contributed by atoms with van der Waals surface area (Å²) in [5.41, 5.74) is 2.51. The zero-order valence-corrected chi connectivity index (χ0v) is 13.6. The second kappa shape index (κ2) is 8.06. The third kappa shape index (κ3) is 4.64. The minimum Gasteiger partial charge on any atom is -0.383 e. The van der Waals surface area contributed by atoms with Crippen molar-refractivity contribution in [2.75, 3.05) is 17.2 Å². The minimum absolute atomic E-state index is 0.199. The predicted molar refractivity (Wildman–Crippen MR) is 97.2 cm³/mol. The number of carbonyl (C=O) groups excluding carboxylic acids is 1. The number of amides is 1. The fraction of sp³-hybridized carbons (Fsp3) is 0.100. The fourth-order valence-electron chi connectivity index (χ4n) is 2.39. The highest BCUT2D eigenvalue weighted by molar-refractivity contribution is 6.02. The van der Waals surface area contributed by atoms with Gasteiger partial charge in [0.25, 0.3) is 5.91 Å². The SMILES string of the molecule is O=C(Nc1ccccc1)c1ccc(NCCc2ccccc2F)cn1. The van der Waals surface area contributed by atoms with Gasteiger partial charge in [-0.1, -0.05) is 36.4 Å². The molecule has 1 aromatic heterocycles. The van der Waals surface area contributed by atoms with Crippen molar-refractivity contribution in [2.45, 2.75) is 6.42 Å². The number of rotatable bonds is 6. The van der Waals surface area contributed by atoms with Crippen LogP contribution in [-0.4, -0.2) is 17.4 Å². The molecule has 0 radical (unpaired) electrons. The Balaban J connectivity index is 1.53. The van der Waals surface area contributed by atoms with Gasteiger partial charge in [-0.05, 0) is 42.3 Å². The van der Waals surface area contributed by atoms with Gasteiger partial charge in [0.1, 0.15) is 11.5 Å². The van der Waals surface area contributed by atoms with Crippen molar-refractivity contribution in [3.05, 3.63) is 90.0 Å². The summed E-state index contributed by atoms with van der Waals surface area (Å²) in [6.07, 6.45) is 2.17. The normalized spacial score (nSPS) is 10.3. The largest absolute Gasteiger partial charge is 0.383 e. The molecular weight excluding hydrogens is 317 g/mol. The van der Waals surface area contributed by atoms with E-state index in [0.717, 1.165) is 11.4 Å². The lowest BCUT2D eigenvalue weighted by Gasteiger charge is -2.08. The van der Waals surface area contributed by atoms with E-state index in [4.69, 9.17) is 0 Å². The summed E-state index contributed by atoms with van der Waals surface area (Å²) in [6, 6.07) is 19.4. The molecule has 0 saturated heterocycles. The Morgan fingerprint density at radius 1 is 0.920 bits per heavy atom. The van der Waals surface area contributed by atoms with Crippen LogP contribution in [0.3, 0.4) is 0 Å². The number of para-hydroxylation sites is 1. The Kier molecular flexibility index (Phi) is 5.36. The van der Waals surface area contributed by atoms with Crippen LogP contribution in [0.15, 0.2) is 72.9 Å². The van der Waals surface area contributed by atoms with Crippen LogP contribution >= 0.6 is 0 Å². The first kappa shape index (κ1) is 16.6. The second-order valence-corrected chi connectivity index (χ2v) is 5.52. The van der Waals surface area contributed by atoms with Gasteiger partial charge in [0.05, 0.1) is 11.9 Å². The average Bonchev–Trinajstić information content (AvgIpc) is 2.65. The van der Waals surface area contributed by atoms with Gasteiger partial charge >= 0.3 is 0 Å². The third-order valence-electron chi connectivity index (χ3n) is 3.71. The quantitative estimate of drug-likeness (QED) is 0.712. The van der Waals surface area contributed by atoms with Crippen molar-refractivity contribution >= 4 is 17.3 Å². The summed E-state index contributed by atoms with van der Waals surface area (Å²) in [4.78, 5) is 16.3. The first-order chi connectivity index (χ1) is 12.2. The number of halogens is 1. The zero-order valence-electron chi connectivity index (χ0n) is 13.6. The molecule has 4 nitrogen and oxygen atoms in total. The minimum atomic E-state index is -0.260. The maximum atomic E-state index is 13.6. The van der Waals surface area contributed by atoms with Gasteiger partial charge in [-0.25, -0.2) is 9.37 Å². The van der Waals surface area contributed by atoms with E-state index in [9.17, 15) is 9.18 Å². The number of carbonyl (C=O) groups is 1. The molecule has 0 unspecified atom stereocenters. The molecule has 3 rings (SSSR count). The van der Waals surface area contributed by atoms with E-state index in [2.05, 4.69) is 15.6 Å². The van der Waals surface area contributed by atoms with E-state index < -0.39 is 0 Å². The molecule has 5 heteroatoms. The van der Waals surface area contributed by atoms with Gasteiger partial charge in [-0.15, -0.1) is 0 Å². The third-order valence-corrected chi connectivity index (χ3v) is 3.71. The van der Waals surface area contributed by atoms with Gasteiger partial charge in [0, 0.05) is 12.2 Å². The number of benzene rings is 2. The van der Waals surface area contributed by atoms with Crippen molar-refractivity contribution in [1.82, 2.24) is 4.98 Å². The molecule has 2 aromatic carbocycles. The van der Waals surface area contributed by atoms with Crippen LogP contribution < -0.4 is 10.6 Å². The Bertz CT molecular complexity index is 835. The number of nitrogens with one attached hydrogen (secondary N) is 2. The Hall–Kier alpha value is -3.21. The molecule has 0 bridgehead atoms. The number of hydrogen-bond donors (Lipinski definition) is 2. The lowest BCUT2D eigenvalue weighted by Crippen LogP contribution is -2.14. The zero-order chi connectivity index (χ0) is 17.5. The van der Waals surface area contributed by atoms with Crippen LogP contribution in [0.5, 0.6) is 0 Å². The van der Waals surface area contributed by atoms with Crippen LogP contribution in [0.1, 0.15) is 16.1 Å². The maximum Gasteiger partial charge on any atom is 0.274 e. The van der Waals surface area contributed by atoms with Crippen LogP contribution in [0.2, 0.25) is 0 Å². The first-order valence-electron chi connectivity index (χ1n) is 8.02. The number of aromatic nitrogens is 1. The lowest BCUT2D eigenvalue weighted by molar-refractivity contribution is 0.102. The van der Waals surface area contributed by atoms with E-state index in [1.165, 1.54) is 6.07 Å². The molecule has 126 valence electrons. The molecule has 0 fully saturated rings. The highest BCUT2D eigenvalue weighted by atomic mass is 19.1. The summed E-state index contributed by atoms with van der Waals surface area (Å²) in [6.45, 7) is 0.582. The topological polar surface area (TPSA) is 54.0 Å². The summed E-state index contributed by atoms with van der Waals surface area (Å²) < 4.78 is 13.6. The number of nitrogens with zero attached hydrogens (tertiary/aromatic N) is 1. The molecule has 0 spiro atoms. The number of hydrogen-bond acceptors (Lipinski definition) is 3. The van der Waals surface area contributed by atoms with Crippen molar-refractivity contribution < 1.29 is 9.18 Å². The number of pyridine rings is 1. The monoisotopic (exact) mass is 335 g/mol. The van der Waals surface area contributed by atoms with Crippen LogP contribution in [0.4, 0.5) is 15.8 Å². The van der Waals surface area contributed by atoms with E-state index in [1.54, 1.807) is 30.5 Å². The summed E-state index contributed by atoms with van der Waals surface area (Å²) >= 11 is 0. The van der Waals surface area contributed by atoms with E-state index >= 15 is 0 Å². The summed E-state index contributed by atoms with van der Waals surface area (Å²) in [5.74, 6) is -0.459. The first-order valence-corrected chi connectivity index (χ1v) is 8.02. The molecule has 3 aromatic rings. The van der Waals surface area contributed by atoms with Crippen molar-refractivity contribution in [1.29, 1.82) is 0 Å². The molecule has 1 heterocycles. The molecule has 0 aliphatic carbocycles. The molecule has 2 N–H and O–H groups in total. The molecule has 0 atom stereocenters. The highest BCUT2D eigenvalue weighted by Crippen LogP contribution is 2.11. The number of anilines is 2. The summed E-state index contributed by atoms with van der Waals surface area (Å²) in [7, 11) is 0. The van der Waals surface area contributed by atoms with Crippen LogP contribution in [-0.2, 0) is 6.42 Å². The van der Waals surface area contributed by atoms with E-state index in [0.29, 0.717) is 24.2 Å². The summed E-state index contributed by atoms with van der Waals surface area (Å²) in [5, 5.41) is 5.96. The van der Waals surface area contributed by atoms with Crippen molar-refractivity contribution in [3.63, 3.8) is 0 Å². The van der Waals surface area contributed by atoms with Crippen molar-refractivity contribution in [3.8, 4) is 0 Å². The van der Waals surface area contributed by atoms with Crippen LogP contribution in [0.25, 0.3) is 0 Å². The highest BCUT2D eigenvalue weighted by Gasteiger charge is 2.07. The van der Waals surface area contributed by atoms with E-state index in [1.807, 2.05) is 36.4 Å². The van der Waals surface area contributed by atoms with Gasteiger partial charge in [0.2, 0.25) is 0 Å².